The van der Waals surface area contributed by atoms with Crippen LogP contribution < -0.4 is 24.7 Å². The summed E-state index contributed by atoms with van der Waals surface area (Å²) in [4.78, 5) is 0. The fourth-order valence-electron chi connectivity index (χ4n) is 7.29. The fourth-order valence-corrected chi connectivity index (χ4v) is 7.29. The van der Waals surface area contributed by atoms with Gasteiger partial charge in [0, 0.05) is 16.8 Å². The standard InChI is InChI=1S/C25H26FN3O2.C25H25FN2O2/c1-3-5-23(27)25(17-6-4-7-21(14-17)30-2)31-22-12-13-24-18(15-22)16-28-29(24)20-10-8-19(26)9-11-20;1-3-4-8-25(18-6-5-7-22(15-18)29-2)30-23-13-14-24-19(16-23)17-27-28(24)21-11-9-20(26)10-12-21/h4,6-16,23,25H,3,5,27H2,1-2H3;5-7,9-17,25H,3-4,8H2,1-2H3/t23-,25+;25-/m00/s1. The number of rotatable bonds is 16. The molecule has 0 aliphatic heterocycles. The molecule has 0 aliphatic carbocycles. The van der Waals surface area contributed by atoms with Crippen molar-refractivity contribution in [1.29, 1.82) is 0 Å². The minimum Gasteiger partial charge on any atom is -0.497 e. The molecule has 314 valence electrons. The summed E-state index contributed by atoms with van der Waals surface area (Å²) in [5, 5.41) is 10.8. The maximum atomic E-state index is 13.3. The lowest BCUT2D eigenvalue weighted by atomic mass is 9.99. The van der Waals surface area contributed by atoms with Gasteiger partial charge in [0.25, 0.3) is 0 Å². The van der Waals surface area contributed by atoms with Crippen LogP contribution >= 0.6 is 0 Å². The molecule has 0 radical (unpaired) electrons. The van der Waals surface area contributed by atoms with E-state index in [2.05, 4.69) is 30.1 Å². The maximum Gasteiger partial charge on any atom is 0.139 e. The molecule has 2 heterocycles. The fraction of sp³-hybridized carbons (Fsp3) is 0.240. The molecule has 0 aliphatic rings. The molecule has 0 fully saturated rings. The van der Waals surface area contributed by atoms with Gasteiger partial charge >= 0.3 is 0 Å². The molecule has 9 nitrogen and oxygen atoms in total. The molecule has 0 spiro atoms. The SMILES string of the molecule is CCCC[C@H](Oc1ccc2c(cnn2-c2ccc(F)cc2)c1)c1cccc(OC)c1.CCC[C@H](N)[C@H](Oc1ccc2c(cnn2-c2ccc(F)cc2)c1)c1cccc(OC)c1. The number of nitrogens with two attached hydrogens (primary N) is 1. The van der Waals surface area contributed by atoms with Crippen LogP contribution in [0.25, 0.3) is 33.2 Å². The highest BCUT2D eigenvalue weighted by Crippen LogP contribution is 2.33. The van der Waals surface area contributed by atoms with Crippen molar-refractivity contribution in [2.24, 2.45) is 5.73 Å². The van der Waals surface area contributed by atoms with Crippen LogP contribution in [0.3, 0.4) is 0 Å². The van der Waals surface area contributed by atoms with Gasteiger partial charge in [0.2, 0.25) is 0 Å². The van der Waals surface area contributed by atoms with E-state index in [1.54, 1.807) is 60.2 Å². The average molecular weight is 824 g/mol. The summed E-state index contributed by atoms with van der Waals surface area (Å²) in [6.07, 6.45) is 8.14. The molecule has 6 aromatic carbocycles. The minimum absolute atomic E-state index is 0.0513. The molecular weight excluding hydrogens is 773 g/mol. The van der Waals surface area contributed by atoms with Crippen LogP contribution in [0.15, 0.2) is 146 Å². The number of aromatic nitrogens is 4. The van der Waals surface area contributed by atoms with E-state index in [1.165, 1.54) is 24.3 Å². The highest BCUT2D eigenvalue weighted by atomic mass is 19.1. The molecular formula is C50H51F2N5O4. The van der Waals surface area contributed by atoms with Gasteiger partial charge in [0.15, 0.2) is 0 Å². The highest BCUT2D eigenvalue weighted by Gasteiger charge is 2.23. The first-order chi connectivity index (χ1) is 29.8. The van der Waals surface area contributed by atoms with Gasteiger partial charge in [-0.15, -0.1) is 0 Å². The number of benzene rings is 6. The lowest BCUT2D eigenvalue weighted by Crippen LogP contribution is -2.32. The first-order valence-electron chi connectivity index (χ1n) is 20.6. The Labute approximate surface area is 355 Å². The Morgan fingerprint density at radius 2 is 1.07 bits per heavy atom. The number of unbranched alkanes of at least 4 members (excludes halogenated alkanes) is 1. The quantitative estimate of drug-likeness (QED) is 0.104. The van der Waals surface area contributed by atoms with E-state index in [4.69, 9.17) is 24.7 Å². The van der Waals surface area contributed by atoms with Gasteiger partial charge in [-0.05, 0) is 140 Å². The number of halogens is 2. The Morgan fingerprint density at radius 3 is 1.57 bits per heavy atom. The Bertz CT molecular complexity index is 2640. The summed E-state index contributed by atoms with van der Waals surface area (Å²) in [5.41, 5.74) is 12.0. The summed E-state index contributed by atoms with van der Waals surface area (Å²) < 4.78 is 53.6. The Balaban J connectivity index is 0.000000184. The van der Waals surface area contributed by atoms with Crippen LogP contribution in [-0.4, -0.2) is 39.8 Å². The predicted octanol–water partition coefficient (Wildman–Crippen LogP) is 11.9. The van der Waals surface area contributed by atoms with Crippen molar-refractivity contribution in [3.8, 4) is 34.4 Å². The smallest absolute Gasteiger partial charge is 0.139 e. The van der Waals surface area contributed by atoms with E-state index < -0.39 is 0 Å². The summed E-state index contributed by atoms with van der Waals surface area (Å²) in [6.45, 7) is 4.29. The Morgan fingerprint density at radius 1 is 0.557 bits per heavy atom. The molecule has 0 unspecified atom stereocenters. The van der Waals surface area contributed by atoms with Gasteiger partial charge in [-0.1, -0.05) is 51.0 Å². The number of hydrogen-bond donors (Lipinski definition) is 1. The Hall–Kier alpha value is -6.72. The first-order valence-corrected chi connectivity index (χ1v) is 20.6. The second-order valence-corrected chi connectivity index (χ2v) is 14.8. The number of nitrogens with zero attached hydrogens (tertiary/aromatic N) is 4. The van der Waals surface area contributed by atoms with Crippen molar-refractivity contribution in [3.63, 3.8) is 0 Å². The van der Waals surface area contributed by atoms with Crippen LogP contribution in [-0.2, 0) is 0 Å². The Kier molecular flexibility index (Phi) is 13.9. The number of hydrogen-bond acceptors (Lipinski definition) is 7. The van der Waals surface area contributed by atoms with E-state index in [0.717, 1.165) is 93.7 Å². The second-order valence-electron chi connectivity index (χ2n) is 14.8. The normalized spacial score (nSPS) is 12.6. The van der Waals surface area contributed by atoms with E-state index >= 15 is 0 Å². The molecule has 3 atom stereocenters. The molecule has 2 N–H and O–H groups in total. The third-order valence-corrected chi connectivity index (χ3v) is 10.5. The lowest BCUT2D eigenvalue weighted by molar-refractivity contribution is 0.168. The van der Waals surface area contributed by atoms with Crippen molar-refractivity contribution in [3.05, 3.63) is 169 Å². The van der Waals surface area contributed by atoms with E-state index in [9.17, 15) is 8.78 Å². The molecule has 61 heavy (non-hydrogen) atoms. The molecule has 0 saturated carbocycles. The second kappa shape index (κ2) is 20.0. The van der Waals surface area contributed by atoms with Crippen molar-refractivity contribution in [1.82, 2.24) is 19.6 Å². The zero-order chi connectivity index (χ0) is 42.7. The highest BCUT2D eigenvalue weighted by molar-refractivity contribution is 5.82. The third-order valence-electron chi connectivity index (χ3n) is 10.5. The van der Waals surface area contributed by atoms with Crippen LogP contribution in [0.1, 0.15) is 69.3 Å². The minimum atomic E-state index is -0.306. The van der Waals surface area contributed by atoms with Crippen molar-refractivity contribution >= 4 is 21.8 Å². The summed E-state index contributed by atoms with van der Waals surface area (Å²) in [5.74, 6) is 2.57. The molecule has 11 heteroatoms. The zero-order valence-electron chi connectivity index (χ0n) is 34.9. The van der Waals surface area contributed by atoms with Crippen LogP contribution in [0.2, 0.25) is 0 Å². The number of ether oxygens (including phenoxy) is 4. The average Bonchev–Trinajstić information content (AvgIpc) is 3.92. The predicted molar refractivity (Wildman–Crippen MR) is 237 cm³/mol. The first kappa shape index (κ1) is 42.4. The maximum absolute atomic E-state index is 13.3. The third kappa shape index (κ3) is 10.4. The molecule has 8 aromatic rings. The van der Waals surface area contributed by atoms with Gasteiger partial charge < -0.3 is 24.7 Å². The van der Waals surface area contributed by atoms with Crippen LogP contribution in [0, 0.1) is 11.6 Å². The van der Waals surface area contributed by atoms with Gasteiger partial charge in [-0.25, -0.2) is 18.1 Å². The summed E-state index contributed by atoms with van der Waals surface area (Å²) in [6, 6.07) is 40.0. The van der Waals surface area contributed by atoms with Gasteiger partial charge in [0.1, 0.15) is 46.8 Å². The summed E-state index contributed by atoms with van der Waals surface area (Å²) in [7, 11) is 3.32. The van der Waals surface area contributed by atoms with E-state index in [1.807, 2.05) is 78.9 Å². The molecule has 0 bridgehead atoms. The largest absolute Gasteiger partial charge is 0.497 e. The van der Waals surface area contributed by atoms with Gasteiger partial charge in [0.05, 0.1) is 49.0 Å². The van der Waals surface area contributed by atoms with Crippen LogP contribution in [0.5, 0.6) is 23.0 Å². The van der Waals surface area contributed by atoms with Crippen molar-refractivity contribution < 1.29 is 27.7 Å². The molecule has 8 rings (SSSR count). The molecule has 0 amide bonds. The van der Waals surface area contributed by atoms with E-state index in [-0.39, 0.29) is 29.9 Å². The topological polar surface area (TPSA) is 98.6 Å². The lowest BCUT2D eigenvalue weighted by Gasteiger charge is -2.26. The zero-order valence-corrected chi connectivity index (χ0v) is 34.9. The van der Waals surface area contributed by atoms with E-state index in [0.29, 0.717) is 5.75 Å². The van der Waals surface area contributed by atoms with Gasteiger partial charge in [-0.2, -0.15) is 10.2 Å². The number of fused-ring (bicyclic) bond motifs is 2. The van der Waals surface area contributed by atoms with Crippen molar-refractivity contribution in [2.75, 3.05) is 14.2 Å². The summed E-state index contributed by atoms with van der Waals surface area (Å²) >= 11 is 0. The number of methoxy groups -OCH3 is 2. The van der Waals surface area contributed by atoms with Crippen molar-refractivity contribution in [2.45, 2.75) is 64.2 Å². The molecule has 0 saturated heterocycles. The van der Waals surface area contributed by atoms with Crippen LogP contribution in [0.4, 0.5) is 8.78 Å². The van der Waals surface area contributed by atoms with Gasteiger partial charge in [-0.3, -0.25) is 0 Å². The molecule has 2 aromatic heterocycles. The monoisotopic (exact) mass is 823 g/mol.